The van der Waals surface area contributed by atoms with Crippen molar-refractivity contribution < 1.29 is 4.74 Å². The van der Waals surface area contributed by atoms with Crippen molar-refractivity contribution in [2.75, 3.05) is 7.11 Å². The first-order valence-electron chi connectivity index (χ1n) is 5.05. The van der Waals surface area contributed by atoms with E-state index < -0.39 is 0 Å². The van der Waals surface area contributed by atoms with Crippen LogP contribution >= 0.6 is 11.6 Å². The third kappa shape index (κ3) is 3.43. The van der Waals surface area contributed by atoms with Gasteiger partial charge in [0.05, 0.1) is 17.7 Å². The Labute approximate surface area is 95.8 Å². The molecule has 0 aliphatic carbocycles. The van der Waals surface area contributed by atoms with Crippen molar-refractivity contribution in [1.29, 1.82) is 0 Å². The molecule has 1 rings (SSSR count). The number of rotatable bonds is 4. The van der Waals surface area contributed by atoms with E-state index in [-0.39, 0.29) is 5.38 Å². The van der Waals surface area contributed by atoms with Crippen LogP contribution in [-0.4, -0.2) is 17.1 Å². The van der Waals surface area contributed by atoms with E-state index in [2.05, 4.69) is 23.8 Å². The summed E-state index contributed by atoms with van der Waals surface area (Å²) in [5, 5.41) is -0.167. The summed E-state index contributed by atoms with van der Waals surface area (Å²) >= 11 is 5.99. The van der Waals surface area contributed by atoms with Gasteiger partial charge in [0.25, 0.3) is 0 Å². The van der Waals surface area contributed by atoms with E-state index in [0.29, 0.717) is 18.3 Å². The fourth-order valence-corrected chi connectivity index (χ4v) is 1.33. The summed E-state index contributed by atoms with van der Waals surface area (Å²) in [6.45, 7) is 6.57. The number of ether oxygens (including phenoxy) is 1. The standard InChI is InChI=1S/C11H17ClN2O/c1-7(2)10-5-9(6-15-4)13-11(14-10)8(3)12/h5,7-8H,6H2,1-4H3. The monoisotopic (exact) mass is 228 g/mol. The third-order valence-electron chi connectivity index (χ3n) is 2.06. The Kier molecular flexibility index (Phi) is 4.48. The normalized spacial score (nSPS) is 13.2. The second kappa shape index (κ2) is 5.42. The lowest BCUT2D eigenvalue weighted by Crippen LogP contribution is -2.06. The Bertz CT molecular complexity index is 300. The molecule has 3 nitrogen and oxygen atoms in total. The Balaban J connectivity index is 3.08. The molecule has 0 amide bonds. The smallest absolute Gasteiger partial charge is 0.146 e. The lowest BCUT2D eigenvalue weighted by molar-refractivity contribution is 0.181. The summed E-state index contributed by atoms with van der Waals surface area (Å²) in [7, 11) is 1.65. The van der Waals surface area contributed by atoms with Gasteiger partial charge in [0.2, 0.25) is 0 Å². The predicted molar refractivity (Wildman–Crippen MR) is 61.1 cm³/mol. The van der Waals surface area contributed by atoms with Gasteiger partial charge in [-0.1, -0.05) is 13.8 Å². The van der Waals surface area contributed by atoms with Crippen molar-refractivity contribution in [3.63, 3.8) is 0 Å². The molecule has 1 atom stereocenters. The molecule has 0 bridgehead atoms. The van der Waals surface area contributed by atoms with Gasteiger partial charge in [0.15, 0.2) is 0 Å². The maximum absolute atomic E-state index is 5.99. The van der Waals surface area contributed by atoms with Crippen molar-refractivity contribution in [1.82, 2.24) is 9.97 Å². The van der Waals surface area contributed by atoms with E-state index in [0.717, 1.165) is 11.4 Å². The average Bonchev–Trinajstić information content (AvgIpc) is 2.17. The average molecular weight is 229 g/mol. The van der Waals surface area contributed by atoms with Gasteiger partial charge in [-0.05, 0) is 18.9 Å². The van der Waals surface area contributed by atoms with Crippen LogP contribution in [0.3, 0.4) is 0 Å². The lowest BCUT2D eigenvalue weighted by Gasteiger charge is -2.10. The van der Waals surface area contributed by atoms with Crippen molar-refractivity contribution in [2.24, 2.45) is 0 Å². The largest absolute Gasteiger partial charge is 0.378 e. The van der Waals surface area contributed by atoms with Crippen LogP contribution < -0.4 is 0 Å². The Hall–Kier alpha value is -0.670. The molecule has 0 aromatic carbocycles. The summed E-state index contributed by atoms with van der Waals surface area (Å²) in [6, 6.07) is 1.97. The zero-order chi connectivity index (χ0) is 11.4. The lowest BCUT2D eigenvalue weighted by atomic mass is 10.1. The molecule has 0 saturated carbocycles. The van der Waals surface area contributed by atoms with Crippen molar-refractivity contribution in [3.8, 4) is 0 Å². The van der Waals surface area contributed by atoms with E-state index in [1.165, 1.54) is 0 Å². The highest BCUT2D eigenvalue weighted by Gasteiger charge is 2.11. The minimum atomic E-state index is -0.167. The van der Waals surface area contributed by atoms with Gasteiger partial charge >= 0.3 is 0 Å². The minimum absolute atomic E-state index is 0.167. The number of hydrogen-bond acceptors (Lipinski definition) is 3. The number of halogens is 1. The topological polar surface area (TPSA) is 35.0 Å². The van der Waals surface area contributed by atoms with Gasteiger partial charge in [-0.3, -0.25) is 0 Å². The highest BCUT2D eigenvalue weighted by molar-refractivity contribution is 6.20. The molecule has 15 heavy (non-hydrogen) atoms. The fraction of sp³-hybridized carbons (Fsp3) is 0.636. The Morgan fingerprint density at radius 2 is 2.00 bits per heavy atom. The summed E-state index contributed by atoms with van der Waals surface area (Å²) in [5.74, 6) is 1.05. The number of methoxy groups -OCH3 is 1. The molecule has 0 fully saturated rings. The Morgan fingerprint density at radius 1 is 1.33 bits per heavy atom. The second-order valence-corrected chi connectivity index (χ2v) is 4.50. The van der Waals surface area contributed by atoms with Crippen molar-refractivity contribution >= 4 is 11.6 Å². The molecule has 0 aliphatic rings. The van der Waals surface area contributed by atoms with Gasteiger partial charge < -0.3 is 4.74 Å². The molecular formula is C11H17ClN2O. The highest BCUT2D eigenvalue weighted by atomic mass is 35.5. The van der Waals surface area contributed by atoms with Gasteiger partial charge in [0.1, 0.15) is 5.82 Å². The number of nitrogens with zero attached hydrogens (tertiary/aromatic N) is 2. The van der Waals surface area contributed by atoms with Gasteiger partial charge in [-0.15, -0.1) is 11.6 Å². The molecule has 1 heterocycles. The molecule has 0 saturated heterocycles. The zero-order valence-corrected chi connectivity index (χ0v) is 10.4. The second-order valence-electron chi connectivity index (χ2n) is 3.85. The fourth-order valence-electron chi connectivity index (χ4n) is 1.24. The highest BCUT2D eigenvalue weighted by Crippen LogP contribution is 2.19. The number of aromatic nitrogens is 2. The van der Waals surface area contributed by atoms with E-state index >= 15 is 0 Å². The van der Waals surface area contributed by atoms with E-state index in [4.69, 9.17) is 16.3 Å². The van der Waals surface area contributed by atoms with Crippen molar-refractivity contribution in [3.05, 3.63) is 23.3 Å². The van der Waals surface area contributed by atoms with Crippen LogP contribution in [0.4, 0.5) is 0 Å². The first-order valence-corrected chi connectivity index (χ1v) is 5.49. The summed E-state index contributed by atoms with van der Waals surface area (Å²) in [5.41, 5.74) is 1.90. The first kappa shape index (κ1) is 12.4. The minimum Gasteiger partial charge on any atom is -0.378 e. The molecule has 0 aliphatic heterocycles. The van der Waals surface area contributed by atoms with Gasteiger partial charge in [-0.25, -0.2) is 9.97 Å². The molecule has 4 heteroatoms. The zero-order valence-electron chi connectivity index (χ0n) is 9.62. The molecule has 0 N–H and O–H groups in total. The molecule has 1 aromatic heterocycles. The van der Waals surface area contributed by atoms with Crippen LogP contribution in [0.1, 0.15) is 49.3 Å². The summed E-state index contributed by atoms with van der Waals surface area (Å²) in [4.78, 5) is 8.75. The molecular weight excluding hydrogens is 212 g/mol. The SMILES string of the molecule is COCc1cc(C(C)C)nc(C(C)Cl)n1. The maximum atomic E-state index is 5.99. The molecule has 84 valence electrons. The summed E-state index contributed by atoms with van der Waals surface area (Å²) in [6.07, 6.45) is 0. The van der Waals surface area contributed by atoms with E-state index in [9.17, 15) is 0 Å². The van der Waals surface area contributed by atoms with Crippen LogP contribution in [0, 0.1) is 0 Å². The van der Waals surface area contributed by atoms with Crippen LogP contribution in [-0.2, 0) is 11.3 Å². The van der Waals surface area contributed by atoms with Crippen molar-refractivity contribution in [2.45, 2.75) is 38.7 Å². The first-order chi connectivity index (χ1) is 7.04. The Morgan fingerprint density at radius 3 is 2.47 bits per heavy atom. The van der Waals surface area contributed by atoms with E-state index in [1.54, 1.807) is 7.11 Å². The summed E-state index contributed by atoms with van der Waals surface area (Å²) < 4.78 is 5.06. The third-order valence-corrected chi connectivity index (χ3v) is 2.25. The molecule has 1 unspecified atom stereocenters. The molecule has 0 radical (unpaired) electrons. The van der Waals surface area contributed by atoms with Crippen LogP contribution in [0.25, 0.3) is 0 Å². The number of alkyl halides is 1. The van der Waals surface area contributed by atoms with Crippen LogP contribution in [0.15, 0.2) is 6.07 Å². The molecule has 0 spiro atoms. The van der Waals surface area contributed by atoms with Crippen LogP contribution in [0.5, 0.6) is 0 Å². The predicted octanol–water partition coefficient (Wildman–Crippen LogP) is 3.05. The van der Waals surface area contributed by atoms with Crippen LogP contribution in [0.2, 0.25) is 0 Å². The maximum Gasteiger partial charge on any atom is 0.146 e. The number of hydrogen-bond donors (Lipinski definition) is 0. The van der Waals surface area contributed by atoms with Gasteiger partial charge in [-0.2, -0.15) is 0 Å². The van der Waals surface area contributed by atoms with Gasteiger partial charge in [0, 0.05) is 12.8 Å². The quantitative estimate of drug-likeness (QED) is 0.743. The molecule has 1 aromatic rings. The van der Waals surface area contributed by atoms with E-state index in [1.807, 2.05) is 13.0 Å².